The zero-order valence-corrected chi connectivity index (χ0v) is 11.6. The van der Waals surface area contributed by atoms with Crippen molar-refractivity contribution in [2.24, 2.45) is 0 Å². The maximum atomic E-state index is 6.15. The summed E-state index contributed by atoms with van der Waals surface area (Å²) in [6, 6.07) is 9.45. The molecular formula is C12H12Cl2N2S. The molecule has 2 aromatic rings. The third-order valence-corrected chi connectivity index (χ3v) is 3.92. The number of halogens is 2. The van der Waals surface area contributed by atoms with Crippen LogP contribution >= 0.6 is 34.5 Å². The van der Waals surface area contributed by atoms with Crippen molar-refractivity contribution in [1.29, 1.82) is 0 Å². The number of hydrogen-bond acceptors (Lipinski definition) is 3. The fourth-order valence-corrected chi connectivity index (χ4v) is 3.06. The summed E-state index contributed by atoms with van der Waals surface area (Å²) in [6.45, 7) is 0.779. The van der Waals surface area contributed by atoms with Crippen LogP contribution in [0.1, 0.15) is 4.88 Å². The molecule has 1 aromatic heterocycles. The van der Waals surface area contributed by atoms with Gasteiger partial charge in [-0.25, -0.2) is 0 Å². The molecule has 0 aliphatic carbocycles. The van der Waals surface area contributed by atoms with Crippen LogP contribution in [0.4, 0.5) is 11.4 Å². The molecule has 2 rings (SSSR count). The summed E-state index contributed by atoms with van der Waals surface area (Å²) in [7, 11) is 1.99. The molecule has 1 aromatic carbocycles. The van der Waals surface area contributed by atoms with Crippen LogP contribution < -0.4 is 10.6 Å². The number of rotatable bonds is 3. The Labute approximate surface area is 115 Å². The van der Waals surface area contributed by atoms with Crippen LogP contribution in [0, 0.1) is 0 Å². The highest BCUT2D eigenvalue weighted by Crippen LogP contribution is 2.29. The van der Waals surface area contributed by atoms with Gasteiger partial charge in [-0.2, -0.15) is 0 Å². The Balaban J connectivity index is 2.17. The zero-order valence-electron chi connectivity index (χ0n) is 9.28. The highest BCUT2D eigenvalue weighted by molar-refractivity contribution is 7.16. The van der Waals surface area contributed by atoms with E-state index in [4.69, 9.17) is 28.9 Å². The fourth-order valence-electron chi connectivity index (χ4n) is 1.59. The summed E-state index contributed by atoms with van der Waals surface area (Å²) in [5, 5.41) is 0.662. The summed E-state index contributed by atoms with van der Waals surface area (Å²) in [6.07, 6.45) is 0. The average Bonchev–Trinajstić information content (AvgIpc) is 2.63. The smallest absolute Gasteiger partial charge is 0.0931 e. The van der Waals surface area contributed by atoms with Gasteiger partial charge in [0, 0.05) is 17.6 Å². The standard InChI is InChI=1S/C12H12Cl2N2S/c1-16(7-9-3-5-12(14)17-9)11-4-2-8(15)6-10(11)13/h2-6H,7,15H2,1H3. The molecule has 0 unspecified atom stereocenters. The quantitative estimate of drug-likeness (QED) is 0.854. The molecule has 2 N–H and O–H groups in total. The van der Waals surface area contributed by atoms with E-state index in [0.29, 0.717) is 10.7 Å². The zero-order chi connectivity index (χ0) is 12.4. The molecular weight excluding hydrogens is 275 g/mol. The molecule has 0 aliphatic heterocycles. The van der Waals surface area contributed by atoms with Crippen molar-refractivity contribution in [1.82, 2.24) is 0 Å². The maximum absolute atomic E-state index is 6.15. The van der Waals surface area contributed by atoms with Crippen molar-refractivity contribution in [3.05, 3.63) is 44.6 Å². The minimum atomic E-state index is 0.662. The summed E-state index contributed by atoms with van der Waals surface area (Å²) >= 11 is 13.6. The number of nitrogens with zero attached hydrogens (tertiary/aromatic N) is 1. The van der Waals surface area contributed by atoms with Gasteiger partial charge in [-0.1, -0.05) is 23.2 Å². The predicted octanol–water partition coefficient (Wildman–Crippen LogP) is 4.27. The molecule has 0 atom stereocenters. The number of nitrogen functional groups attached to an aromatic ring is 1. The molecule has 0 spiro atoms. The van der Waals surface area contributed by atoms with Gasteiger partial charge in [-0.3, -0.25) is 0 Å². The molecule has 90 valence electrons. The first-order chi connectivity index (χ1) is 8.06. The normalized spacial score (nSPS) is 10.5. The van der Waals surface area contributed by atoms with Crippen LogP contribution in [0.15, 0.2) is 30.3 Å². The minimum absolute atomic E-state index is 0.662. The lowest BCUT2D eigenvalue weighted by atomic mass is 10.2. The van der Waals surface area contributed by atoms with Gasteiger partial charge < -0.3 is 10.6 Å². The first-order valence-corrected chi connectivity index (χ1v) is 6.64. The van der Waals surface area contributed by atoms with E-state index >= 15 is 0 Å². The first kappa shape index (κ1) is 12.6. The molecule has 0 bridgehead atoms. The van der Waals surface area contributed by atoms with E-state index in [-0.39, 0.29) is 0 Å². The van der Waals surface area contributed by atoms with Crippen LogP contribution in [0.5, 0.6) is 0 Å². The highest BCUT2D eigenvalue weighted by atomic mass is 35.5. The monoisotopic (exact) mass is 286 g/mol. The van der Waals surface area contributed by atoms with E-state index in [1.807, 2.05) is 31.3 Å². The highest BCUT2D eigenvalue weighted by Gasteiger charge is 2.08. The van der Waals surface area contributed by atoms with Gasteiger partial charge >= 0.3 is 0 Å². The molecule has 1 heterocycles. The van der Waals surface area contributed by atoms with Gasteiger partial charge in [-0.15, -0.1) is 11.3 Å². The first-order valence-electron chi connectivity index (χ1n) is 5.06. The molecule has 0 fully saturated rings. The van der Waals surface area contributed by atoms with Crippen molar-refractivity contribution in [3.8, 4) is 0 Å². The Hall–Kier alpha value is -0.900. The third-order valence-electron chi connectivity index (χ3n) is 2.40. The molecule has 2 nitrogen and oxygen atoms in total. The Morgan fingerprint density at radius 3 is 2.59 bits per heavy atom. The molecule has 0 amide bonds. The Bertz CT molecular complexity index is 525. The molecule has 0 aliphatic rings. The Kier molecular flexibility index (Phi) is 3.82. The molecule has 5 heteroatoms. The van der Waals surface area contributed by atoms with E-state index in [1.54, 1.807) is 17.4 Å². The lowest BCUT2D eigenvalue weighted by Gasteiger charge is -2.20. The van der Waals surface area contributed by atoms with Gasteiger partial charge in [0.15, 0.2) is 0 Å². The largest absolute Gasteiger partial charge is 0.399 e. The summed E-state index contributed by atoms with van der Waals surface area (Å²) < 4.78 is 0.803. The number of benzene rings is 1. The van der Waals surface area contributed by atoms with Crippen molar-refractivity contribution in [3.63, 3.8) is 0 Å². The van der Waals surface area contributed by atoms with Crippen molar-refractivity contribution >= 4 is 45.9 Å². The van der Waals surface area contributed by atoms with E-state index in [1.165, 1.54) is 4.88 Å². The van der Waals surface area contributed by atoms with Crippen LogP contribution in [-0.2, 0) is 6.54 Å². The van der Waals surface area contributed by atoms with Crippen molar-refractivity contribution in [2.45, 2.75) is 6.54 Å². The number of anilines is 2. The SMILES string of the molecule is CN(Cc1ccc(Cl)s1)c1ccc(N)cc1Cl. The van der Waals surface area contributed by atoms with Crippen LogP contribution in [-0.4, -0.2) is 7.05 Å². The van der Waals surface area contributed by atoms with Gasteiger partial charge in [0.05, 0.1) is 21.6 Å². The average molecular weight is 287 g/mol. The maximum Gasteiger partial charge on any atom is 0.0931 e. The number of hydrogen-bond donors (Lipinski definition) is 1. The molecule has 0 saturated heterocycles. The Morgan fingerprint density at radius 1 is 1.24 bits per heavy atom. The van der Waals surface area contributed by atoms with Crippen molar-refractivity contribution in [2.75, 3.05) is 17.7 Å². The third kappa shape index (κ3) is 3.06. The molecule has 17 heavy (non-hydrogen) atoms. The second-order valence-corrected chi connectivity index (χ2v) is 5.98. The van der Waals surface area contributed by atoms with Crippen molar-refractivity contribution < 1.29 is 0 Å². The van der Waals surface area contributed by atoms with Crippen LogP contribution in [0.3, 0.4) is 0 Å². The second-order valence-electron chi connectivity index (χ2n) is 3.77. The minimum Gasteiger partial charge on any atom is -0.399 e. The lowest BCUT2D eigenvalue weighted by Crippen LogP contribution is -2.15. The van der Waals surface area contributed by atoms with E-state index in [2.05, 4.69) is 4.90 Å². The van der Waals surface area contributed by atoms with Crippen LogP contribution in [0.2, 0.25) is 9.36 Å². The molecule has 0 radical (unpaired) electrons. The predicted molar refractivity (Wildman–Crippen MR) is 77.3 cm³/mol. The van der Waals surface area contributed by atoms with Gasteiger partial charge in [-0.05, 0) is 30.3 Å². The summed E-state index contributed by atoms with van der Waals surface area (Å²) in [5.74, 6) is 0. The van der Waals surface area contributed by atoms with E-state index in [9.17, 15) is 0 Å². The number of nitrogens with two attached hydrogens (primary N) is 1. The van der Waals surface area contributed by atoms with Gasteiger partial charge in [0.2, 0.25) is 0 Å². The molecule has 0 saturated carbocycles. The lowest BCUT2D eigenvalue weighted by molar-refractivity contribution is 0.941. The number of thiophene rings is 1. The second kappa shape index (κ2) is 5.17. The Morgan fingerprint density at radius 2 is 2.00 bits per heavy atom. The summed E-state index contributed by atoms with van der Waals surface area (Å²) in [5.41, 5.74) is 7.30. The van der Waals surface area contributed by atoms with E-state index < -0.39 is 0 Å². The summed E-state index contributed by atoms with van der Waals surface area (Å²) in [4.78, 5) is 3.27. The van der Waals surface area contributed by atoms with Gasteiger partial charge in [0.1, 0.15) is 0 Å². The van der Waals surface area contributed by atoms with Crippen LogP contribution in [0.25, 0.3) is 0 Å². The van der Waals surface area contributed by atoms with Gasteiger partial charge in [0.25, 0.3) is 0 Å². The van der Waals surface area contributed by atoms with E-state index in [0.717, 1.165) is 16.6 Å². The fraction of sp³-hybridized carbons (Fsp3) is 0.167. The topological polar surface area (TPSA) is 29.3 Å².